The third-order valence-corrected chi connectivity index (χ3v) is 15.2. The molecule has 7 atom stereocenters. The van der Waals surface area contributed by atoms with E-state index in [1.54, 1.807) is 14.0 Å². The van der Waals surface area contributed by atoms with Gasteiger partial charge >= 0.3 is 12.1 Å². The molecule has 2 N–H and O–H groups in total. The lowest BCUT2D eigenvalue weighted by molar-refractivity contribution is -0.159. The van der Waals surface area contributed by atoms with Crippen LogP contribution in [0.4, 0.5) is 4.79 Å². The molecule has 3 saturated heterocycles. The van der Waals surface area contributed by atoms with Gasteiger partial charge in [-0.15, -0.1) is 0 Å². The number of aryl methyl sites for hydroxylation is 1. The van der Waals surface area contributed by atoms with Crippen molar-refractivity contribution < 1.29 is 52.6 Å². The lowest BCUT2D eigenvalue weighted by Gasteiger charge is -2.62. The van der Waals surface area contributed by atoms with E-state index < -0.39 is 76.7 Å². The van der Waals surface area contributed by atoms with Crippen LogP contribution < -0.4 is 14.8 Å². The number of rotatable bonds is 13. The number of thioether (sulfide) groups is 1. The molecule has 354 valence electrons. The highest BCUT2D eigenvalue weighted by Gasteiger charge is 2.64. The Kier molecular flexibility index (Phi) is 13.2. The number of esters is 1. The van der Waals surface area contributed by atoms with E-state index in [2.05, 4.69) is 40.6 Å². The number of piperidine rings is 1. The number of carbonyl (C=O) groups excluding carboxylic acids is 3. The van der Waals surface area contributed by atoms with Crippen molar-refractivity contribution in [3.63, 3.8) is 0 Å². The number of hydrogen-bond donors (Lipinski definition) is 2. The van der Waals surface area contributed by atoms with E-state index in [9.17, 15) is 24.8 Å². The summed E-state index contributed by atoms with van der Waals surface area (Å²) in [7, 11) is 4.99. The van der Waals surface area contributed by atoms with Gasteiger partial charge in [0.2, 0.25) is 10.6 Å². The number of fused-ring (bicyclic) bond motifs is 11. The number of methoxy groups -OCH3 is 2. The number of nitriles is 1. The van der Waals surface area contributed by atoms with Gasteiger partial charge in [-0.2, -0.15) is 17.0 Å². The van der Waals surface area contributed by atoms with Gasteiger partial charge in [0.15, 0.2) is 41.2 Å². The number of alkyl carbamates (subject to hydrolysis) is 1. The summed E-state index contributed by atoms with van der Waals surface area (Å²) in [4.78, 5) is 46.4. The van der Waals surface area contributed by atoms with E-state index >= 15 is 0 Å². The van der Waals surface area contributed by atoms with Gasteiger partial charge in [0, 0.05) is 59.7 Å². The summed E-state index contributed by atoms with van der Waals surface area (Å²) in [5, 5.41) is 26.8. The first-order chi connectivity index (χ1) is 32.1. The molecule has 1 amide bonds. The van der Waals surface area contributed by atoms with Gasteiger partial charge in [-0.1, -0.05) is 89.4 Å². The molecule has 67 heavy (non-hydrogen) atoms. The number of nitrogens with zero attached hydrogens (tertiary/aromatic N) is 3. The van der Waals surface area contributed by atoms with Crippen LogP contribution in [0.3, 0.4) is 0 Å². The fraction of sp³-hybridized carbons (Fsp3) is 0.458. The number of benzene rings is 3. The molecule has 4 aliphatic heterocycles. The Morgan fingerprint density at radius 2 is 1.72 bits per heavy atom. The molecule has 0 spiro atoms. The number of piperazine rings is 1. The summed E-state index contributed by atoms with van der Waals surface area (Å²) in [5.41, 5.74) is 5.22. The average Bonchev–Trinajstić information content (AvgIpc) is 3.91. The van der Waals surface area contributed by atoms with E-state index in [1.807, 2.05) is 49.2 Å². The smallest absolute Gasteiger partial charge is 0.408 e. The zero-order chi connectivity index (χ0) is 47.5. The van der Waals surface area contributed by atoms with Crippen molar-refractivity contribution in [3.8, 4) is 28.7 Å². The van der Waals surface area contributed by atoms with Crippen LogP contribution in [0.1, 0.15) is 53.1 Å². The Bertz CT molecular complexity index is 2570. The molecule has 2 unspecified atom stereocenters. The van der Waals surface area contributed by atoms with E-state index in [4.69, 9.17) is 68.0 Å². The molecule has 3 aromatic carbocycles. The minimum absolute atomic E-state index is 0.00728. The number of carbonyl (C=O) groups is 3. The number of nitrogens with one attached hydrogen (secondary N) is 1. The van der Waals surface area contributed by atoms with Gasteiger partial charge in [0.1, 0.15) is 25.3 Å². The third kappa shape index (κ3) is 8.29. The molecule has 3 aromatic rings. The SMILES string of the molecule is COCOc1c(OC)c(C)cc2c1[C@@H]1C3CC4(O)C(=O)C(C)=C5OCOC5=C4[C@H](COC(=O)[C@H](CSCC4c5ccccc5-c5ccccc54)NC(=O)OCC(Cl)(Cl)Cl)N3[C@@H](C#N)[C@H](C2)N1C. The molecular formula is C48H49Cl3N4O11S. The molecule has 6 aliphatic rings. The summed E-state index contributed by atoms with van der Waals surface area (Å²) >= 11 is 19.1. The lowest BCUT2D eigenvalue weighted by atomic mass is 9.65. The number of Topliss-reactive ketones (excluding diaryl/α,β-unsaturated/α-hetero) is 1. The van der Waals surface area contributed by atoms with Gasteiger partial charge in [0.25, 0.3) is 0 Å². The number of ketones is 1. The number of halogens is 3. The molecule has 0 radical (unpaired) electrons. The van der Waals surface area contributed by atoms with E-state index in [0.29, 0.717) is 23.7 Å². The molecular weight excluding hydrogens is 947 g/mol. The number of amides is 1. The van der Waals surface area contributed by atoms with Crippen molar-refractivity contribution in [2.45, 2.75) is 78.3 Å². The summed E-state index contributed by atoms with van der Waals surface area (Å²) in [6, 6.07) is 16.0. The van der Waals surface area contributed by atoms with Gasteiger partial charge in [-0.25, -0.2) is 9.59 Å². The Hall–Kier alpha value is -4.70. The topological polar surface area (TPSA) is 178 Å². The molecule has 2 aliphatic carbocycles. The Balaban J connectivity index is 1.07. The monoisotopic (exact) mass is 994 g/mol. The quantitative estimate of drug-likeness (QED) is 0.106. The van der Waals surface area contributed by atoms with Crippen LogP contribution in [0.2, 0.25) is 0 Å². The second-order valence-electron chi connectivity index (χ2n) is 17.4. The standard InChI is InChI=1S/C48H49Cl3N4O11S/c1-24-14-26-15-33-35(17-52)55-34(39(54(33)3)37(26)42(40(24)61-5)64-22-60-4)16-47(59)38(43-41(65-23-66-43)25(2)44(47)56)36(55)18-62-45(57)32(53-46(58)63-21-48(49,50)51)20-67-19-31-29-12-8-6-10-27(29)28-11-7-9-13-30(28)31/h6-14,31-36,39,59H,15-16,18-23H2,1-5H3,(H,53,58)/t32-,33-,34?,35-,36-,39-,47?/m0/s1. The van der Waals surface area contributed by atoms with Gasteiger partial charge in [0.05, 0.1) is 25.3 Å². The maximum absolute atomic E-state index is 14.6. The normalized spacial score (nSPS) is 25.6. The summed E-state index contributed by atoms with van der Waals surface area (Å²) in [6.07, 6.45) is -0.751. The van der Waals surface area contributed by atoms with Crippen LogP contribution in [0.15, 0.2) is 77.3 Å². The van der Waals surface area contributed by atoms with Crippen LogP contribution in [-0.4, -0.2) is 132 Å². The number of alkyl halides is 3. The summed E-state index contributed by atoms with van der Waals surface area (Å²) in [5.74, 6) is 0.441. The predicted octanol–water partition coefficient (Wildman–Crippen LogP) is 6.63. The molecule has 2 bridgehead atoms. The molecule has 3 fully saturated rings. The summed E-state index contributed by atoms with van der Waals surface area (Å²) in [6.45, 7) is 2.12. The van der Waals surface area contributed by atoms with Crippen LogP contribution in [0.5, 0.6) is 11.5 Å². The molecule has 19 heteroatoms. The van der Waals surface area contributed by atoms with Gasteiger partial charge in [-0.05, 0) is 60.7 Å². The molecule has 0 saturated carbocycles. The average molecular weight is 996 g/mol. The first-order valence-electron chi connectivity index (χ1n) is 21.7. The molecule has 9 rings (SSSR count). The van der Waals surface area contributed by atoms with Gasteiger partial charge < -0.3 is 43.6 Å². The number of aliphatic hydroxyl groups is 1. The third-order valence-electron chi connectivity index (χ3n) is 13.7. The van der Waals surface area contributed by atoms with Crippen molar-refractivity contribution in [1.82, 2.24) is 15.1 Å². The van der Waals surface area contributed by atoms with E-state index in [1.165, 1.54) is 18.9 Å². The van der Waals surface area contributed by atoms with Crippen molar-refractivity contribution >= 4 is 64.4 Å². The van der Waals surface area contributed by atoms with Crippen LogP contribution in [0.25, 0.3) is 11.1 Å². The van der Waals surface area contributed by atoms with E-state index in [0.717, 1.165) is 38.9 Å². The maximum atomic E-state index is 14.6. The number of ether oxygens (including phenoxy) is 7. The van der Waals surface area contributed by atoms with Crippen LogP contribution in [0, 0.1) is 18.3 Å². The molecule has 4 heterocycles. The fourth-order valence-corrected chi connectivity index (χ4v) is 12.4. The largest absolute Gasteiger partial charge is 0.493 e. The van der Waals surface area contributed by atoms with Crippen LogP contribution in [-0.2, 0) is 39.7 Å². The second-order valence-corrected chi connectivity index (χ2v) is 21.0. The first kappa shape index (κ1) is 47.4. The van der Waals surface area contributed by atoms with Crippen molar-refractivity contribution in [3.05, 3.63) is 105 Å². The van der Waals surface area contributed by atoms with Crippen LogP contribution >= 0.6 is 46.6 Å². The Morgan fingerprint density at radius 3 is 2.37 bits per heavy atom. The zero-order valence-electron chi connectivity index (χ0n) is 37.3. The number of likely N-dealkylation sites (N-methyl/N-ethyl adjacent to an activating group) is 1. The lowest BCUT2D eigenvalue weighted by Crippen LogP contribution is -2.74. The Labute approximate surface area is 407 Å². The second kappa shape index (κ2) is 18.7. The van der Waals surface area contributed by atoms with Crippen molar-refractivity contribution in [2.24, 2.45) is 0 Å². The van der Waals surface area contributed by atoms with Crippen molar-refractivity contribution in [2.75, 3.05) is 59.6 Å². The van der Waals surface area contributed by atoms with Crippen molar-refractivity contribution in [1.29, 1.82) is 5.26 Å². The minimum Gasteiger partial charge on any atom is -0.493 e. The predicted molar refractivity (Wildman–Crippen MR) is 249 cm³/mol. The minimum atomic E-state index is -2.18. The maximum Gasteiger partial charge on any atom is 0.408 e. The van der Waals surface area contributed by atoms with Gasteiger partial charge in [-0.3, -0.25) is 14.6 Å². The highest BCUT2D eigenvalue weighted by molar-refractivity contribution is 7.99. The Morgan fingerprint density at radius 1 is 1.03 bits per heavy atom. The fourth-order valence-electron chi connectivity index (χ4n) is 11.0. The molecule has 0 aromatic heterocycles. The number of hydrogen-bond acceptors (Lipinski definition) is 15. The zero-order valence-corrected chi connectivity index (χ0v) is 40.4. The summed E-state index contributed by atoms with van der Waals surface area (Å²) < 4.78 is 38.9. The van der Waals surface area contributed by atoms with E-state index in [-0.39, 0.29) is 54.3 Å². The highest BCUT2D eigenvalue weighted by atomic mass is 35.6. The highest BCUT2D eigenvalue weighted by Crippen LogP contribution is 2.57. The first-order valence-corrected chi connectivity index (χ1v) is 24.0. The molecule has 15 nitrogen and oxygen atoms in total.